The third-order valence-corrected chi connectivity index (χ3v) is 5.26. The van der Waals surface area contributed by atoms with Crippen molar-refractivity contribution < 1.29 is 0 Å². The molecule has 0 spiro atoms. The Kier molecular flexibility index (Phi) is 4.95. The van der Waals surface area contributed by atoms with Crippen molar-refractivity contribution in [2.45, 2.75) is 13.3 Å². The van der Waals surface area contributed by atoms with Gasteiger partial charge in [-0.05, 0) is 24.1 Å². The minimum Gasteiger partial charge on any atom is -0.266 e. The molecule has 4 aromatic rings. The quantitative estimate of drug-likeness (QED) is 0.540. The number of allylic oxidation sites excluding steroid dienone is 1. The molecule has 5 nitrogen and oxygen atoms in total. The number of hydrogen-bond donors (Lipinski definition) is 0. The summed E-state index contributed by atoms with van der Waals surface area (Å²) in [5.74, 6) is 0. The monoisotopic (exact) mass is 387 g/mol. The lowest BCUT2D eigenvalue weighted by molar-refractivity contribution is 0.811. The second kappa shape index (κ2) is 7.70. The van der Waals surface area contributed by atoms with Gasteiger partial charge in [-0.3, -0.25) is 9.59 Å². The zero-order chi connectivity index (χ0) is 19.5. The number of aryl methyl sites for hydroxylation is 1. The van der Waals surface area contributed by atoms with Crippen molar-refractivity contribution in [3.8, 4) is 0 Å². The Morgan fingerprint density at radius 1 is 1.04 bits per heavy atom. The van der Waals surface area contributed by atoms with E-state index in [0.29, 0.717) is 15.9 Å². The van der Waals surface area contributed by atoms with E-state index in [1.54, 1.807) is 6.08 Å². The van der Waals surface area contributed by atoms with E-state index >= 15 is 0 Å². The Hall–Kier alpha value is -3.38. The summed E-state index contributed by atoms with van der Waals surface area (Å²) in [6.07, 6.45) is 5.79. The van der Waals surface area contributed by atoms with E-state index in [1.807, 2.05) is 73.7 Å². The van der Waals surface area contributed by atoms with E-state index in [2.05, 4.69) is 10.1 Å². The van der Waals surface area contributed by atoms with Crippen molar-refractivity contribution in [3.05, 3.63) is 108 Å². The van der Waals surface area contributed by atoms with E-state index in [4.69, 9.17) is 0 Å². The fourth-order valence-corrected chi connectivity index (χ4v) is 3.63. The Morgan fingerprint density at radius 3 is 2.54 bits per heavy atom. The summed E-state index contributed by atoms with van der Waals surface area (Å²) >= 11 is 1.16. The molecule has 0 saturated carbocycles. The van der Waals surface area contributed by atoms with Gasteiger partial charge in [-0.15, -0.1) is 0 Å². The normalized spacial score (nSPS) is 12.2. The van der Waals surface area contributed by atoms with Crippen LogP contribution in [0.5, 0.6) is 0 Å². The van der Waals surface area contributed by atoms with Crippen molar-refractivity contribution >= 4 is 28.4 Å². The molecule has 0 saturated heterocycles. The van der Waals surface area contributed by atoms with Crippen LogP contribution in [0.1, 0.15) is 22.4 Å². The number of aromatic nitrogens is 3. The molecule has 0 radical (unpaired) electrons. The standard InChI is InChI=1S/C22H17N3O2S/c1-15-10-12-17(13-11-15)14-18-20(26)23-22-25(24-18)21(27)19(28-22)9-5-8-16-6-3-2-4-7-16/h2-13H,14H2,1H3/b8-5+,19-9+. The molecule has 0 N–H and O–H groups in total. The molecule has 0 fully saturated rings. The number of benzene rings is 2. The van der Waals surface area contributed by atoms with Crippen LogP contribution >= 0.6 is 11.3 Å². The molecule has 0 atom stereocenters. The maximum absolute atomic E-state index is 12.6. The SMILES string of the molecule is Cc1ccc(Cc2nn3c(=O)/c(=C\C=C\c4ccccc4)sc3nc2=O)cc1. The largest absolute Gasteiger partial charge is 0.296 e. The van der Waals surface area contributed by atoms with Crippen LogP contribution in [-0.4, -0.2) is 14.6 Å². The van der Waals surface area contributed by atoms with E-state index < -0.39 is 5.56 Å². The molecule has 0 aliphatic heterocycles. The summed E-state index contributed by atoms with van der Waals surface area (Å²) in [6.45, 7) is 2.00. The van der Waals surface area contributed by atoms with Crippen LogP contribution in [0.25, 0.3) is 17.1 Å². The maximum atomic E-state index is 12.6. The fraction of sp³-hybridized carbons (Fsp3) is 0.0909. The first-order valence-corrected chi connectivity index (χ1v) is 9.63. The second-order valence-electron chi connectivity index (χ2n) is 6.43. The molecule has 2 aromatic carbocycles. The van der Waals surface area contributed by atoms with Gasteiger partial charge >= 0.3 is 0 Å². The first-order valence-electron chi connectivity index (χ1n) is 8.82. The molecular formula is C22H17N3O2S. The van der Waals surface area contributed by atoms with E-state index in [1.165, 1.54) is 4.52 Å². The van der Waals surface area contributed by atoms with Crippen molar-refractivity contribution in [2.75, 3.05) is 0 Å². The van der Waals surface area contributed by atoms with Crippen molar-refractivity contribution in [1.82, 2.24) is 14.6 Å². The van der Waals surface area contributed by atoms with Crippen LogP contribution in [0.4, 0.5) is 0 Å². The molecule has 0 bridgehead atoms. The van der Waals surface area contributed by atoms with Gasteiger partial charge in [-0.2, -0.15) is 14.6 Å². The second-order valence-corrected chi connectivity index (χ2v) is 7.44. The van der Waals surface area contributed by atoms with Gasteiger partial charge in [0.1, 0.15) is 5.69 Å². The summed E-state index contributed by atoms with van der Waals surface area (Å²) in [6, 6.07) is 17.7. The Balaban J connectivity index is 1.70. The third-order valence-electron chi connectivity index (χ3n) is 4.28. The molecule has 0 unspecified atom stereocenters. The molecule has 6 heteroatoms. The predicted octanol–water partition coefficient (Wildman–Crippen LogP) is 2.62. The third kappa shape index (κ3) is 3.82. The van der Waals surface area contributed by atoms with Gasteiger partial charge < -0.3 is 0 Å². The smallest absolute Gasteiger partial charge is 0.266 e. The number of thiazole rings is 1. The molecular weight excluding hydrogens is 370 g/mol. The molecule has 2 aromatic heterocycles. The summed E-state index contributed by atoms with van der Waals surface area (Å²) in [5, 5.41) is 4.27. The van der Waals surface area contributed by atoms with Gasteiger partial charge in [-0.1, -0.05) is 83.6 Å². The van der Waals surface area contributed by atoms with E-state index in [9.17, 15) is 9.59 Å². The number of fused-ring (bicyclic) bond motifs is 1. The Bertz CT molecular complexity index is 1320. The highest BCUT2D eigenvalue weighted by molar-refractivity contribution is 7.15. The highest BCUT2D eigenvalue weighted by atomic mass is 32.1. The summed E-state index contributed by atoms with van der Waals surface area (Å²) < 4.78 is 1.71. The minimum atomic E-state index is -0.395. The number of rotatable bonds is 4. The zero-order valence-electron chi connectivity index (χ0n) is 15.2. The van der Waals surface area contributed by atoms with Gasteiger partial charge in [0.15, 0.2) is 0 Å². The lowest BCUT2D eigenvalue weighted by Gasteiger charge is -2.01. The molecule has 2 heterocycles. The summed E-state index contributed by atoms with van der Waals surface area (Å²) in [5.41, 5.74) is 2.74. The summed E-state index contributed by atoms with van der Waals surface area (Å²) in [4.78, 5) is 29.3. The summed E-state index contributed by atoms with van der Waals surface area (Å²) in [7, 11) is 0. The van der Waals surface area contributed by atoms with Gasteiger partial charge in [0.05, 0.1) is 4.53 Å². The lowest BCUT2D eigenvalue weighted by Crippen LogP contribution is -2.27. The van der Waals surface area contributed by atoms with Gasteiger partial charge in [-0.25, -0.2) is 0 Å². The first kappa shape index (κ1) is 18.0. The highest BCUT2D eigenvalue weighted by Gasteiger charge is 2.11. The molecule has 4 rings (SSSR count). The van der Waals surface area contributed by atoms with E-state index in [-0.39, 0.29) is 11.3 Å². The van der Waals surface area contributed by atoms with Gasteiger partial charge in [0.2, 0.25) is 4.96 Å². The van der Waals surface area contributed by atoms with Gasteiger partial charge in [0.25, 0.3) is 11.1 Å². The van der Waals surface area contributed by atoms with Crippen LogP contribution in [0, 0.1) is 6.92 Å². The molecule has 138 valence electrons. The molecule has 28 heavy (non-hydrogen) atoms. The molecule has 0 amide bonds. The predicted molar refractivity (Wildman–Crippen MR) is 113 cm³/mol. The molecule has 0 aliphatic rings. The number of nitrogens with zero attached hydrogens (tertiary/aromatic N) is 3. The molecule has 0 aliphatic carbocycles. The van der Waals surface area contributed by atoms with Crippen LogP contribution in [-0.2, 0) is 6.42 Å². The van der Waals surface area contributed by atoms with Crippen LogP contribution in [0.3, 0.4) is 0 Å². The number of hydrogen-bond acceptors (Lipinski definition) is 5. The maximum Gasteiger partial charge on any atom is 0.296 e. The zero-order valence-corrected chi connectivity index (χ0v) is 16.0. The topological polar surface area (TPSA) is 64.3 Å². The Morgan fingerprint density at radius 2 is 1.79 bits per heavy atom. The van der Waals surface area contributed by atoms with Crippen LogP contribution in [0.2, 0.25) is 0 Å². The van der Waals surface area contributed by atoms with Gasteiger partial charge in [0, 0.05) is 6.42 Å². The van der Waals surface area contributed by atoms with Crippen molar-refractivity contribution in [2.24, 2.45) is 0 Å². The van der Waals surface area contributed by atoms with Crippen molar-refractivity contribution in [1.29, 1.82) is 0 Å². The Labute approximate surface area is 164 Å². The fourth-order valence-electron chi connectivity index (χ4n) is 2.78. The van der Waals surface area contributed by atoms with E-state index in [0.717, 1.165) is 28.0 Å². The van der Waals surface area contributed by atoms with Crippen LogP contribution in [0.15, 0.2) is 70.3 Å². The first-order chi connectivity index (χ1) is 13.6. The van der Waals surface area contributed by atoms with Crippen LogP contribution < -0.4 is 15.7 Å². The lowest BCUT2D eigenvalue weighted by atomic mass is 10.1. The average Bonchev–Trinajstić information content (AvgIpc) is 3.00. The average molecular weight is 387 g/mol. The highest BCUT2D eigenvalue weighted by Crippen LogP contribution is 2.07. The minimum absolute atomic E-state index is 0.266. The van der Waals surface area contributed by atoms with Crippen molar-refractivity contribution in [3.63, 3.8) is 0 Å².